The third-order valence-corrected chi connectivity index (χ3v) is 6.66. The second kappa shape index (κ2) is 5.25. The van der Waals surface area contributed by atoms with Crippen LogP contribution in [0.2, 0.25) is 0 Å². The van der Waals surface area contributed by atoms with Gasteiger partial charge in [-0.05, 0) is 19.3 Å². The molecule has 2 fully saturated rings. The van der Waals surface area contributed by atoms with Gasteiger partial charge in [0.1, 0.15) is 11.5 Å². The lowest BCUT2D eigenvalue weighted by Crippen LogP contribution is -2.41. The largest absolute Gasteiger partial charge is 0.333 e. The monoisotopic (exact) mass is 324 g/mol. The highest BCUT2D eigenvalue weighted by molar-refractivity contribution is 8.00. The topological polar surface area (TPSA) is 80.8 Å². The summed E-state index contributed by atoms with van der Waals surface area (Å²) in [5.41, 5.74) is 0.734. The molecule has 3 heterocycles. The lowest BCUT2D eigenvalue weighted by atomic mass is 9.86. The first-order chi connectivity index (χ1) is 11.2. The zero-order valence-corrected chi connectivity index (χ0v) is 13.5. The molecule has 6 heteroatoms. The van der Waals surface area contributed by atoms with Crippen LogP contribution in [0.15, 0.2) is 17.3 Å². The van der Waals surface area contributed by atoms with Crippen LogP contribution in [0.25, 0.3) is 0 Å². The molecule has 1 saturated heterocycles. The molecule has 1 saturated carbocycles. The van der Waals surface area contributed by atoms with Crippen LogP contribution in [-0.2, 0) is 4.79 Å². The Labute approximate surface area is 139 Å². The van der Waals surface area contributed by atoms with Crippen LogP contribution in [0, 0.1) is 28.1 Å². The minimum Gasteiger partial charge on any atom is -0.333 e. The van der Waals surface area contributed by atoms with Crippen molar-refractivity contribution in [1.29, 1.82) is 10.5 Å². The number of likely N-dealkylation sites (tertiary alicyclic amines) is 1. The number of thioether (sulfide) groups is 1. The Morgan fingerprint density at radius 1 is 1.35 bits per heavy atom. The molecule has 1 amide bonds. The number of aromatic nitrogens is 1. The number of pyridine rings is 1. The molecule has 116 valence electrons. The molecule has 1 aromatic heterocycles. The van der Waals surface area contributed by atoms with Gasteiger partial charge in [0, 0.05) is 34.6 Å². The van der Waals surface area contributed by atoms with Crippen molar-refractivity contribution in [2.45, 2.75) is 48.3 Å². The van der Waals surface area contributed by atoms with Crippen molar-refractivity contribution >= 4 is 17.7 Å². The van der Waals surface area contributed by atoms with E-state index in [1.54, 1.807) is 24.2 Å². The fourth-order valence-corrected chi connectivity index (χ4v) is 5.51. The fourth-order valence-electron chi connectivity index (χ4n) is 4.11. The minimum absolute atomic E-state index is 0.0131. The summed E-state index contributed by atoms with van der Waals surface area (Å²) < 4.78 is 0. The quantitative estimate of drug-likeness (QED) is 0.793. The maximum Gasteiger partial charge on any atom is 0.243 e. The SMILES string of the molecule is N#Cc1cncc2c1S[C@H]1C[C@@H]2N(C(=O)C2(C#N)CCCC2)C1. The van der Waals surface area contributed by atoms with Crippen molar-refractivity contribution < 1.29 is 4.79 Å². The molecule has 1 aromatic rings. The van der Waals surface area contributed by atoms with Crippen LogP contribution in [0.5, 0.6) is 0 Å². The van der Waals surface area contributed by atoms with E-state index < -0.39 is 5.41 Å². The molecule has 2 bridgehead atoms. The molecule has 23 heavy (non-hydrogen) atoms. The van der Waals surface area contributed by atoms with Gasteiger partial charge in [-0.15, -0.1) is 11.8 Å². The normalized spacial score (nSPS) is 27.1. The molecule has 0 aromatic carbocycles. The second-order valence-corrected chi connectivity index (χ2v) is 7.88. The lowest BCUT2D eigenvalue weighted by molar-refractivity contribution is -0.139. The van der Waals surface area contributed by atoms with E-state index in [0.717, 1.165) is 29.7 Å². The van der Waals surface area contributed by atoms with Gasteiger partial charge in [-0.25, -0.2) is 0 Å². The van der Waals surface area contributed by atoms with Crippen LogP contribution >= 0.6 is 11.8 Å². The second-order valence-electron chi connectivity index (χ2n) is 6.57. The van der Waals surface area contributed by atoms with E-state index in [2.05, 4.69) is 17.1 Å². The van der Waals surface area contributed by atoms with E-state index in [1.165, 1.54) is 0 Å². The summed E-state index contributed by atoms with van der Waals surface area (Å²) in [4.78, 5) is 20.2. The molecular weight excluding hydrogens is 308 g/mol. The van der Waals surface area contributed by atoms with Crippen LogP contribution < -0.4 is 0 Å². The number of fused-ring (bicyclic) bond motifs is 4. The number of nitriles is 2. The average molecular weight is 324 g/mol. The molecule has 3 aliphatic rings. The Morgan fingerprint density at radius 2 is 2.13 bits per heavy atom. The van der Waals surface area contributed by atoms with E-state index in [9.17, 15) is 15.3 Å². The third kappa shape index (κ3) is 2.05. The predicted molar refractivity (Wildman–Crippen MR) is 84.2 cm³/mol. The molecular formula is C17H16N4OS. The Morgan fingerprint density at radius 3 is 2.83 bits per heavy atom. The highest BCUT2D eigenvalue weighted by Gasteiger charge is 2.50. The van der Waals surface area contributed by atoms with E-state index in [1.807, 2.05) is 4.90 Å². The maximum atomic E-state index is 13.1. The highest BCUT2D eigenvalue weighted by Crippen LogP contribution is 2.51. The lowest BCUT2D eigenvalue weighted by Gasteiger charge is -2.31. The van der Waals surface area contributed by atoms with E-state index >= 15 is 0 Å². The molecule has 5 nitrogen and oxygen atoms in total. The molecule has 4 rings (SSSR count). The number of carbonyl (C=O) groups is 1. The number of nitrogens with zero attached hydrogens (tertiary/aromatic N) is 4. The van der Waals surface area contributed by atoms with Crippen molar-refractivity contribution in [2.75, 3.05) is 6.54 Å². The molecule has 2 aliphatic heterocycles. The predicted octanol–water partition coefficient (Wildman–Crippen LogP) is 2.78. The summed E-state index contributed by atoms with van der Waals surface area (Å²) in [5, 5.41) is 19.2. The summed E-state index contributed by atoms with van der Waals surface area (Å²) in [6.45, 7) is 0.664. The first-order valence-electron chi connectivity index (χ1n) is 7.95. The van der Waals surface area contributed by atoms with Crippen molar-refractivity contribution in [3.05, 3.63) is 23.5 Å². The number of carbonyl (C=O) groups excluding carboxylic acids is 1. The van der Waals surface area contributed by atoms with Gasteiger partial charge in [-0.2, -0.15) is 10.5 Å². The summed E-state index contributed by atoms with van der Waals surface area (Å²) in [7, 11) is 0. The molecule has 2 atom stereocenters. The third-order valence-electron chi connectivity index (χ3n) is 5.29. The number of hydrogen-bond acceptors (Lipinski definition) is 5. The summed E-state index contributed by atoms with van der Waals surface area (Å²) in [5.74, 6) is -0.0131. The van der Waals surface area contributed by atoms with Gasteiger partial charge in [0.05, 0.1) is 17.7 Å². The highest BCUT2D eigenvalue weighted by atomic mass is 32.2. The Kier molecular flexibility index (Phi) is 3.32. The number of hydrogen-bond donors (Lipinski definition) is 0. The average Bonchev–Trinajstić information content (AvgIpc) is 3.20. The van der Waals surface area contributed by atoms with Crippen LogP contribution in [0.3, 0.4) is 0 Å². The van der Waals surface area contributed by atoms with Gasteiger partial charge >= 0.3 is 0 Å². The first kappa shape index (κ1) is 14.5. The molecule has 0 radical (unpaired) electrons. The van der Waals surface area contributed by atoms with Gasteiger partial charge in [-0.1, -0.05) is 12.8 Å². The Hall–Kier alpha value is -2.05. The van der Waals surface area contributed by atoms with E-state index in [-0.39, 0.29) is 11.9 Å². The van der Waals surface area contributed by atoms with Crippen molar-refractivity contribution in [3.63, 3.8) is 0 Å². The summed E-state index contributed by atoms with van der Waals surface area (Å²) in [6.07, 6.45) is 7.51. The smallest absolute Gasteiger partial charge is 0.243 e. The van der Waals surface area contributed by atoms with Gasteiger partial charge in [0.25, 0.3) is 0 Å². The van der Waals surface area contributed by atoms with Gasteiger partial charge in [0.15, 0.2) is 0 Å². The Balaban J connectivity index is 1.72. The van der Waals surface area contributed by atoms with Crippen molar-refractivity contribution in [2.24, 2.45) is 5.41 Å². The number of rotatable bonds is 1. The van der Waals surface area contributed by atoms with Crippen molar-refractivity contribution in [1.82, 2.24) is 9.88 Å². The van der Waals surface area contributed by atoms with Gasteiger partial charge in [0.2, 0.25) is 5.91 Å². The number of amides is 1. The summed E-state index contributed by atoms with van der Waals surface area (Å²) >= 11 is 1.68. The maximum absolute atomic E-state index is 13.1. The Bertz CT molecular complexity index is 757. The standard InChI is InChI=1S/C17H16N4OS/c18-6-11-7-20-8-13-14-5-12(23-15(11)13)9-21(14)16(22)17(10-19)3-1-2-4-17/h7-8,12,14H,1-5,9H2/t12-,14-/m0/s1. The van der Waals surface area contributed by atoms with E-state index in [4.69, 9.17) is 0 Å². The molecule has 1 aliphatic carbocycles. The summed E-state index contributed by atoms with van der Waals surface area (Å²) in [6, 6.07) is 4.49. The van der Waals surface area contributed by atoms with Gasteiger partial charge < -0.3 is 4.90 Å². The first-order valence-corrected chi connectivity index (χ1v) is 8.83. The van der Waals surface area contributed by atoms with E-state index in [0.29, 0.717) is 30.2 Å². The van der Waals surface area contributed by atoms with Crippen molar-refractivity contribution in [3.8, 4) is 12.1 Å². The molecule has 0 N–H and O–H groups in total. The zero-order chi connectivity index (χ0) is 16.0. The van der Waals surface area contributed by atoms with Gasteiger partial charge in [-0.3, -0.25) is 9.78 Å². The molecule has 0 spiro atoms. The minimum atomic E-state index is -0.831. The van der Waals surface area contributed by atoms with Crippen LogP contribution in [0.4, 0.5) is 0 Å². The van der Waals surface area contributed by atoms with Crippen LogP contribution in [0.1, 0.15) is 49.3 Å². The fraction of sp³-hybridized carbons (Fsp3) is 0.529. The molecule has 0 unspecified atom stereocenters. The zero-order valence-electron chi connectivity index (χ0n) is 12.7. The van der Waals surface area contributed by atoms with Crippen LogP contribution in [-0.4, -0.2) is 27.6 Å².